The lowest BCUT2D eigenvalue weighted by atomic mass is 10.1. The lowest BCUT2D eigenvalue weighted by Crippen LogP contribution is -2.52. The summed E-state index contributed by atoms with van der Waals surface area (Å²) in [5, 5.41) is 5.81. The molecule has 2 N–H and O–H groups in total. The molecule has 6 nitrogen and oxygen atoms in total. The van der Waals surface area contributed by atoms with Crippen LogP contribution in [0.1, 0.15) is 19.3 Å². The number of carbonyl (C=O) groups excluding carboxylic acids is 1. The first-order valence-corrected chi connectivity index (χ1v) is 9.39. The van der Waals surface area contributed by atoms with E-state index in [0.29, 0.717) is 6.54 Å². The zero-order valence-electron chi connectivity index (χ0n) is 12.4. The van der Waals surface area contributed by atoms with Gasteiger partial charge >= 0.3 is 0 Å². The van der Waals surface area contributed by atoms with E-state index in [-0.39, 0.29) is 36.0 Å². The molecule has 0 aromatic carbocycles. The second-order valence-electron chi connectivity index (χ2n) is 5.82. The maximum atomic E-state index is 11.9. The average molecular weight is 315 g/mol. The topological polar surface area (TPSA) is 78.5 Å². The number of hydrogen-bond acceptors (Lipinski definition) is 5. The van der Waals surface area contributed by atoms with Crippen molar-refractivity contribution in [2.75, 3.05) is 37.7 Å². The van der Waals surface area contributed by atoms with Crippen molar-refractivity contribution >= 4 is 15.7 Å². The van der Waals surface area contributed by atoms with Crippen molar-refractivity contribution in [1.82, 2.24) is 15.5 Å². The number of amides is 1. The minimum absolute atomic E-state index is 0.00232. The standard InChI is InChI=1S/C14H25N3O3S/c1-2-6-15-14(18)9-16-12-10-21(19,20)11-13(12)17-7-4-3-5-8-17/h2,12-13,16H,1,3-11H2,(H,15,18). The molecule has 0 aromatic heterocycles. The molecule has 2 unspecified atom stereocenters. The molecule has 2 fully saturated rings. The molecule has 1 amide bonds. The Hall–Kier alpha value is -0.920. The molecule has 2 aliphatic heterocycles. The maximum Gasteiger partial charge on any atom is 0.234 e. The Balaban J connectivity index is 1.91. The summed E-state index contributed by atoms with van der Waals surface area (Å²) < 4.78 is 23.9. The first-order valence-electron chi connectivity index (χ1n) is 7.57. The summed E-state index contributed by atoms with van der Waals surface area (Å²) in [6.45, 7) is 6.04. The first kappa shape index (κ1) is 16.5. The lowest BCUT2D eigenvalue weighted by Gasteiger charge is -2.35. The third kappa shape index (κ3) is 4.79. The molecule has 120 valence electrons. The van der Waals surface area contributed by atoms with Gasteiger partial charge in [-0.1, -0.05) is 12.5 Å². The van der Waals surface area contributed by atoms with Crippen LogP contribution in [0.15, 0.2) is 12.7 Å². The van der Waals surface area contributed by atoms with E-state index in [1.165, 1.54) is 6.42 Å². The van der Waals surface area contributed by atoms with Crippen molar-refractivity contribution in [2.45, 2.75) is 31.3 Å². The van der Waals surface area contributed by atoms with E-state index in [1.54, 1.807) is 6.08 Å². The summed E-state index contributed by atoms with van der Waals surface area (Å²) in [6, 6.07) is -0.148. The Bertz CT molecular complexity index is 472. The number of sulfone groups is 1. The van der Waals surface area contributed by atoms with Crippen LogP contribution in [0, 0.1) is 0 Å². The molecule has 7 heteroatoms. The van der Waals surface area contributed by atoms with Crippen molar-refractivity contribution in [1.29, 1.82) is 0 Å². The average Bonchev–Trinajstić information content (AvgIpc) is 2.79. The fourth-order valence-corrected chi connectivity index (χ4v) is 5.09. The number of nitrogens with zero attached hydrogens (tertiary/aromatic N) is 1. The van der Waals surface area contributed by atoms with Crippen molar-refractivity contribution in [3.63, 3.8) is 0 Å². The van der Waals surface area contributed by atoms with Gasteiger partial charge in [0.1, 0.15) is 0 Å². The predicted molar refractivity (Wildman–Crippen MR) is 82.9 cm³/mol. The van der Waals surface area contributed by atoms with Crippen LogP contribution in [0.25, 0.3) is 0 Å². The molecule has 0 spiro atoms. The van der Waals surface area contributed by atoms with Crippen LogP contribution in [-0.4, -0.2) is 69.0 Å². The molecule has 21 heavy (non-hydrogen) atoms. The van der Waals surface area contributed by atoms with Crippen LogP contribution in [0.3, 0.4) is 0 Å². The van der Waals surface area contributed by atoms with Crippen LogP contribution in [0.5, 0.6) is 0 Å². The summed E-state index contributed by atoms with van der Waals surface area (Å²) in [5.74, 6) is 0.207. The third-order valence-electron chi connectivity index (χ3n) is 4.15. The van der Waals surface area contributed by atoms with Crippen molar-refractivity contribution < 1.29 is 13.2 Å². The van der Waals surface area contributed by atoms with Crippen molar-refractivity contribution in [3.8, 4) is 0 Å². The van der Waals surface area contributed by atoms with Crippen molar-refractivity contribution in [3.05, 3.63) is 12.7 Å². The van der Waals surface area contributed by atoms with Gasteiger partial charge in [-0.05, 0) is 25.9 Å². The molecule has 0 radical (unpaired) electrons. The molecule has 2 heterocycles. The largest absolute Gasteiger partial charge is 0.352 e. The van der Waals surface area contributed by atoms with E-state index >= 15 is 0 Å². The van der Waals surface area contributed by atoms with Gasteiger partial charge in [0.2, 0.25) is 5.91 Å². The number of nitrogens with one attached hydrogen (secondary N) is 2. The second kappa shape index (κ2) is 7.38. The van der Waals surface area contributed by atoms with Gasteiger partial charge in [0.05, 0.1) is 18.1 Å². The van der Waals surface area contributed by atoms with Gasteiger partial charge < -0.3 is 10.6 Å². The molecule has 0 bridgehead atoms. The van der Waals surface area contributed by atoms with Crippen molar-refractivity contribution in [2.24, 2.45) is 0 Å². The minimum atomic E-state index is -3.01. The molecule has 0 aliphatic carbocycles. The smallest absolute Gasteiger partial charge is 0.234 e. The van der Waals surface area contributed by atoms with Gasteiger partial charge in [0.15, 0.2) is 9.84 Å². The number of likely N-dealkylation sites (tertiary alicyclic amines) is 1. The predicted octanol–water partition coefficient (Wildman–Crippen LogP) is -0.470. The third-order valence-corrected chi connectivity index (χ3v) is 5.87. The highest BCUT2D eigenvalue weighted by Gasteiger charge is 2.40. The molecule has 2 aliphatic rings. The zero-order valence-corrected chi connectivity index (χ0v) is 13.2. The van der Waals surface area contributed by atoms with E-state index in [9.17, 15) is 13.2 Å². The van der Waals surface area contributed by atoms with Gasteiger partial charge in [0, 0.05) is 18.6 Å². The zero-order chi connectivity index (χ0) is 15.3. The Morgan fingerprint density at radius 3 is 2.62 bits per heavy atom. The van der Waals surface area contributed by atoms with Gasteiger partial charge in [-0.2, -0.15) is 0 Å². The van der Waals surface area contributed by atoms with E-state index in [0.717, 1.165) is 25.9 Å². The van der Waals surface area contributed by atoms with Gasteiger partial charge in [0.25, 0.3) is 0 Å². The van der Waals surface area contributed by atoms with E-state index in [2.05, 4.69) is 22.1 Å². The van der Waals surface area contributed by atoms with Crippen LogP contribution in [0.4, 0.5) is 0 Å². The van der Waals surface area contributed by atoms with Crippen LogP contribution < -0.4 is 10.6 Å². The molecule has 0 saturated carbocycles. The first-order chi connectivity index (χ1) is 10.0. The Kier molecular flexibility index (Phi) is 5.78. The molecule has 0 aromatic rings. The van der Waals surface area contributed by atoms with E-state index in [1.807, 2.05) is 0 Å². The Morgan fingerprint density at radius 1 is 1.24 bits per heavy atom. The molecular weight excluding hydrogens is 290 g/mol. The monoisotopic (exact) mass is 315 g/mol. The Morgan fingerprint density at radius 2 is 1.95 bits per heavy atom. The fourth-order valence-electron chi connectivity index (χ4n) is 3.11. The van der Waals surface area contributed by atoms with Gasteiger partial charge in [-0.15, -0.1) is 6.58 Å². The SMILES string of the molecule is C=CCNC(=O)CNC1CS(=O)(=O)CC1N1CCCCC1. The Labute approximate surface area is 126 Å². The van der Waals surface area contributed by atoms with Crippen LogP contribution in [-0.2, 0) is 14.6 Å². The summed E-state index contributed by atoms with van der Waals surface area (Å²) >= 11 is 0. The highest BCUT2D eigenvalue weighted by molar-refractivity contribution is 7.91. The molecule has 2 rings (SSSR count). The quantitative estimate of drug-likeness (QED) is 0.648. The fraction of sp³-hybridized carbons (Fsp3) is 0.786. The van der Waals surface area contributed by atoms with Gasteiger partial charge in [-0.3, -0.25) is 9.69 Å². The molecular formula is C14H25N3O3S. The minimum Gasteiger partial charge on any atom is -0.352 e. The summed E-state index contributed by atoms with van der Waals surface area (Å²) in [7, 11) is -3.01. The number of carbonyl (C=O) groups is 1. The maximum absolute atomic E-state index is 11.9. The van der Waals surface area contributed by atoms with E-state index < -0.39 is 9.84 Å². The number of hydrogen-bond donors (Lipinski definition) is 2. The normalized spacial score (nSPS) is 29.1. The highest BCUT2D eigenvalue weighted by Crippen LogP contribution is 2.22. The summed E-state index contributed by atoms with van der Waals surface area (Å²) in [6.07, 6.45) is 5.10. The lowest BCUT2D eigenvalue weighted by molar-refractivity contribution is -0.120. The van der Waals surface area contributed by atoms with Gasteiger partial charge in [-0.25, -0.2) is 8.42 Å². The number of rotatable bonds is 6. The van der Waals surface area contributed by atoms with E-state index in [4.69, 9.17) is 0 Å². The summed E-state index contributed by atoms with van der Waals surface area (Å²) in [4.78, 5) is 13.9. The van der Waals surface area contributed by atoms with Crippen LogP contribution in [0.2, 0.25) is 0 Å². The molecule has 2 saturated heterocycles. The number of piperidine rings is 1. The molecule has 2 atom stereocenters. The second-order valence-corrected chi connectivity index (χ2v) is 7.97. The summed E-state index contributed by atoms with van der Waals surface area (Å²) in [5.41, 5.74) is 0. The van der Waals surface area contributed by atoms with Crippen LogP contribution >= 0.6 is 0 Å². The highest BCUT2D eigenvalue weighted by atomic mass is 32.2.